The molecule has 1 aromatic rings. The van der Waals surface area contributed by atoms with Crippen LogP contribution in [0.2, 0.25) is 0 Å². The highest BCUT2D eigenvalue weighted by Crippen LogP contribution is 2.38. The standard InChI is InChI=1S/C21H29N3O3/c25-20-8-3-10-23(20)11-9-16-15-24(19-7-2-1-6-18(16)19)21(26)14-22-13-17-5-4-12-27-17/h1-2,6-7,16-17,22H,3-5,8-15H2/t16-,17-/m1/s1. The third-order valence-electron chi connectivity index (χ3n) is 5.96. The SMILES string of the molecule is O=C1CCCN1CC[C@@H]1CN(C(=O)CNC[C@H]2CCCO2)c2ccccc21. The largest absolute Gasteiger partial charge is 0.377 e. The summed E-state index contributed by atoms with van der Waals surface area (Å²) >= 11 is 0. The van der Waals surface area contributed by atoms with E-state index in [1.54, 1.807) is 0 Å². The zero-order chi connectivity index (χ0) is 18.6. The molecule has 4 rings (SSSR count). The van der Waals surface area contributed by atoms with E-state index < -0.39 is 0 Å². The maximum Gasteiger partial charge on any atom is 0.240 e. The second-order valence-electron chi connectivity index (χ2n) is 7.80. The minimum absolute atomic E-state index is 0.111. The third-order valence-corrected chi connectivity index (χ3v) is 5.96. The van der Waals surface area contributed by atoms with Crippen molar-refractivity contribution in [2.24, 2.45) is 0 Å². The first-order chi connectivity index (χ1) is 13.2. The lowest BCUT2D eigenvalue weighted by atomic mass is 9.98. The van der Waals surface area contributed by atoms with Crippen molar-refractivity contribution in [3.05, 3.63) is 29.8 Å². The van der Waals surface area contributed by atoms with Crippen LogP contribution in [-0.2, 0) is 14.3 Å². The lowest BCUT2D eigenvalue weighted by Gasteiger charge is -2.20. The predicted molar refractivity (Wildman–Crippen MR) is 104 cm³/mol. The number of para-hydroxylation sites is 1. The smallest absolute Gasteiger partial charge is 0.240 e. The van der Waals surface area contributed by atoms with Crippen LogP contribution in [0.1, 0.15) is 43.6 Å². The van der Waals surface area contributed by atoms with Crippen LogP contribution in [0.5, 0.6) is 0 Å². The number of carbonyl (C=O) groups is 2. The van der Waals surface area contributed by atoms with E-state index in [9.17, 15) is 9.59 Å². The maximum atomic E-state index is 12.8. The summed E-state index contributed by atoms with van der Waals surface area (Å²) in [7, 11) is 0. The highest BCUT2D eigenvalue weighted by molar-refractivity contribution is 5.97. The molecule has 27 heavy (non-hydrogen) atoms. The van der Waals surface area contributed by atoms with Crippen LogP contribution in [0.4, 0.5) is 5.69 Å². The van der Waals surface area contributed by atoms with Crippen molar-refractivity contribution in [1.82, 2.24) is 10.2 Å². The number of ether oxygens (including phenoxy) is 1. The molecule has 0 saturated carbocycles. The third kappa shape index (κ3) is 4.17. The number of benzene rings is 1. The van der Waals surface area contributed by atoms with Gasteiger partial charge in [-0.05, 0) is 37.3 Å². The first-order valence-corrected chi connectivity index (χ1v) is 10.2. The number of rotatable bonds is 7. The van der Waals surface area contributed by atoms with Gasteiger partial charge in [-0.15, -0.1) is 0 Å². The number of amides is 2. The number of anilines is 1. The quantitative estimate of drug-likeness (QED) is 0.795. The molecule has 6 heteroatoms. The minimum Gasteiger partial charge on any atom is -0.377 e. The van der Waals surface area contributed by atoms with Crippen molar-refractivity contribution in [2.45, 2.75) is 44.1 Å². The molecular formula is C21H29N3O3. The van der Waals surface area contributed by atoms with E-state index in [0.29, 0.717) is 25.4 Å². The highest BCUT2D eigenvalue weighted by atomic mass is 16.5. The molecular weight excluding hydrogens is 342 g/mol. The number of nitrogens with zero attached hydrogens (tertiary/aromatic N) is 2. The Morgan fingerprint density at radius 2 is 2.15 bits per heavy atom. The summed E-state index contributed by atoms with van der Waals surface area (Å²) in [5.41, 5.74) is 2.26. The fourth-order valence-corrected chi connectivity index (χ4v) is 4.47. The zero-order valence-corrected chi connectivity index (χ0v) is 15.9. The molecule has 0 bridgehead atoms. The minimum atomic E-state index is 0.111. The van der Waals surface area contributed by atoms with E-state index in [1.807, 2.05) is 28.0 Å². The molecule has 2 amide bonds. The Morgan fingerprint density at radius 1 is 1.26 bits per heavy atom. The zero-order valence-electron chi connectivity index (χ0n) is 15.9. The molecule has 0 radical (unpaired) electrons. The van der Waals surface area contributed by atoms with E-state index >= 15 is 0 Å². The van der Waals surface area contributed by atoms with Crippen LogP contribution < -0.4 is 10.2 Å². The predicted octanol–water partition coefficient (Wildman–Crippen LogP) is 1.90. The van der Waals surface area contributed by atoms with E-state index in [0.717, 1.165) is 57.6 Å². The average molecular weight is 371 g/mol. The van der Waals surface area contributed by atoms with E-state index in [2.05, 4.69) is 11.4 Å². The fraction of sp³-hybridized carbons (Fsp3) is 0.619. The van der Waals surface area contributed by atoms with Gasteiger partial charge < -0.3 is 19.9 Å². The number of hydrogen-bond acceptors (Lipinski definition) is 4. The van der Waals surface area contributed by atoms with Crippen LogP contribution in [0.15, 0.2) is 24.3 Å². The van der Waals surface area contributed by atoms with Crippen molar-refractivity contribution in [2.75, 3.05) is 44.2 Å². The summed E-state index contributed by atoms with van der Waals surface area (Å²) in [5, 5.41) is 3.26. The van der Waals surface area contributed by atoms with Gasteiger partial charge in [0.1, 0.15) is 0 Å². The Labute approximate surface area is 160 Å². The van der Waals surface area contributed by atoms with E-state index in [4.69, 9.17) is 4.74 Å². The Kier molecular flexibility index (Phi) is 5.74. The Bertz CT molecular complexity index is 687. The van der Waals surface area contributed by atoms with Crippen molar-refractivity contribution >= 4 is 17.5 Å². The molecule has 3 aliphatic rings. The van der Waals surface area contributed by atoms with Crippen LogP contribution in [-0.4, -0.2) is 62.1 Å². The maximum absolute atomic E-state index is 12.8. The van der Waals surface area contributed by atoms with Crippen molar-refractivity contribution in [3.8, 4) is 0 Å². The number of hydrogen-bond donors (Lipinski definition) is 1. The normalized spacial score (nSPS) is 24.7. The van der Waals surface area contributed by atoms with Crippen LogP contribution in [0.25, 0.3) is 0 Å². The lowest BCUT2D eigenvalue weighted by Crippen LogP contribution is -2.40. The molecule has 1 N–H and O–H groups in total. The van der Waals surface area contributed by atoms with Crippen molar-refractivity contribution in [1.29, 1.82) is 0 Å². The summed E-state index contributed by atoms with van der Waals surface area (Å²) in [6.07, 6.45) is 5.00. The summed E-state index contributed by atoms with van der Waals surface area (Å²) in [5.74, 6) is 0.685. The van der Waals surface area contributed by atoms with E-state index in [-0.39, 0.29) is 17.9 Å². The molecule has 2 atom stereocenters. The van der Waals surface area contributed by atoms with E-state index in [1.165, 1.54) is 5.56 Å². The van der Waals surface area contributed by atoms with Gasteiger partial charge in [-0.2, -0.15) is 0 Å². The van der Waals surface area contributed by atoms with Gasteiger partial charge in [0.05, 0.1) is 12.6 Å². The molecule has 3 aliphatic heterocycles. The Balaban J connectivity index is 1.34. The number of fused-ring (bicyclic) bond motifs is 1. The molecule has 0 spiro atoms. The van der Waals surface area contributed by atoms with Gasteiger partial charge in [-0.25, -0.2) is 0 Å². The first-order valence-electron chi connectivity index (χ1n) is 10.2. The van der Waals surface area contributed by atoms with Gasteiger partial charge in [0.25, 0.3) is 0 Å². The molecule has 2 saturated heterocycles. The van der Waals surface area contributed by atoms with Gasteiger partial charge in [0.15, 0.2) is 0 Å². The number of carbonyl (C=O) groups excluding carboxylic acids is 2. The van der Waals surface area contributed by atoms with Gasteiger partial charge in [-0.3, -0.25) is 9.59 Å². The topological polar surface area (TPSA) is 61.9 Å². The highest BCUT2D eigenvalue weighted by Gasteiger charge is 2.32. The molecule has 2 fully saturated rings. The summed E-state index contributed by atoms with van der Waals surface area (Å²) in [4.78, 5) is 28.5. The molecule has 3 heterocycles. The lowest BCUT2D eigenvalue weighted by molar-refractivity contribution is -0.127. The second kappa shape index (κ2) is 8.40. The first kappa shape index (κ1) is 18.4. The monoisotopic (exact) mass is 371 g/mol. The number of likely N-dealkylation sites (tertiary alicyclic amines) is 1. The van der Waals surface area contributed by atoms with Crippen molar-refractivity contribution < 1.29 is 14.3 Å². The molecule has 0 unspecified atom stereocenters. The molecule has 0 aliphatic carbocycles. The summed E-state index contributed by atoms with van der Waals surface area (Å²) < 4.78 is 5.60. The Morgan fingerprint density at radius 3 is 2.93 bits per heavy atom. The van der Waals surface area contributed by atoms with Gasteiger partial charge in [0, 0.05) is 50.8 Å². The van der Waals surface area contributed by atoms with Gasteiger partial charge in [-0.1, -0.05) is 18.2 Å². The van der Waals surface area contributed by atoms with Gasteiger partial charge in [0.2, 0.25) is 11.8 Å². The molecule has 6 nitrogen and oxygen atoms in total. The summed E-state index contributed by atoms with van der Waals surface area (Å²) in [6.45, 7) is 4.29. The van der Waals surface area contributed by atoms with Crippen molar-refractivity contribution in [3.63, 3.8) is 0 Å². The average Bonchev–Trinajstić information content (AvgIpc) is 3.40. The molecule has 146 valence electrons. The Hall–Kier alpha value is -1.92. The number of nitrogens with one attached hydrogen (secondary N) is 1. The fourth-order valence-electron chi connectivity index (χ4n) is 4.47. The van der Waals surface area contributed by atoms with Crippen LogP contribution >= 0.6 is 0 Å². The molecule has 1 aromatic carbocycles. The summed E-state index contributed by atoms with van der Waals surface area (Å²) in [6, 6.07) is 8.19. The van der Waals surface area contributed by atoms with Gasteiger partial charge >= 0.3 is 0 Å². The second-order valence-corrected chi connectivity index (χ2v) is 7.80. The van der Waals surface area contributed by atoms with Crippen LogP contribution in [0.3, 0.4) is 0 Å². The molecule has 0 aromatic heterocycles. The van der Waals surface area contributed by atoms with Crippen LogP contribution in [0, 0.1) is 0 Å².